The van der Waals surface area contributed by atoms with Crippen molar-refractivity contribution >= 4 is 0 Å². The quantitative estimate of drug-likeness (QED) is 0.755. The van der Waals surface area contributed by atoms with Gasteiger partial charge in [0.2, 0.25) is 0 Å². The Morgan fingerprint density at radius 2 is 1.76 bits per heavy atom. The molecule has 2 rings (SSSR count). The average molecular weight is 239 g/mol. The molecule has 17 heavy (non-hydrogen) atoms. The normalized spacial score (nSPS) is 40.1. The van der Waals surface area contributed by atoms with Crippen LogP contribution >= 0.6 is 0 Å². The van der Waals surface area contributed by atoms with Gasteiger partial charge in [-0.15, -0.1) is 0 Å². The predicted octanol–water partition coefficient (Wildman–Crippen LogP) is 3.56. The lowest BCUT2D eigenvalue weighted by Crippen LogP contribution is -2.61. The Hall–Kier alpha value is -0.0800. The third kappa shape index (κ3) is 2.53. The molecule has 0 aromatic carbocycles. The maximum atomic E-state index is 6.54. The summed E-state index contributed by atoms with van der Waals surface area (Å²) >= 11 is 0. The Bertz CT molecular complexity index is 295. The molecule has 0 aromatic rings. The fourth-order valence-electron chi connectivity index (χ4n) is 3.71. The van der Waals surface area contributed by atoms with E-state index in [1.165, 1.54) is 12.8 Å². The van der Waals surface area contributed by atoms with Crippen molar-refractivity contribution in [3.05, 3.63) is 0 Å². The van der Waals surface area contributed by atoms with E-state index in [-0.39, 0.29) is 11.1 Å². The first-order valence-electron chi connectivity index (χ1n) is 7.09. The molecule has 1 N–H and O–H groups in total. The zero-order chi connectivity index (χ0) is 12.9. The van der Waals surface area contributed by atoms with Gasteiger partial charge in [0.1, 0.15) is 5.72 Å². The average Bonchev–Trinajstić information content (AvgIpc) is 2.47. The van der Waals surface area contributed by atoms with Crippen LogP contribution in [0.4, 0.5) is 0 Å². The van der Waals surface area contributed by atoms with Gasteiger partial charge in [0.15, 0.2) is 0 Å². The lowest BCUT2D eigenvalue weighted by Gasteiger charge is -2.50. The van der Waals surface area contributed by atoms with Gasteiger partial charge in [-0.05, 0) is 30.6 Å². The Balaban J connectivity index is 2.15. The Morgan fingerprint density at radius 3 is 2.24 bits per heavy atom. The maximum absolute atomic E-state index is 6.54. The van der Waals surface area contributed by atoms with E-state index in [2.05, 4.69) is 46.9 Å². The van der Waals surface area contributed by atoms with Gasteiger partial charge in [-0.3, -0.25) is 5.32 Å². The molecule has 0 amide bonds. The number of hydrogen-bond acceptors (Lipinski definition) is 2. The summed E-state index contributed by atoms with van der Waals surface area (Å²) in [5, 5.41) is 3.70. The van der Waals surface area contributed by atoms with Crippen LogP contribution in [0.1, 0.15) is 60.8 Å². The molecule has 1 saturated heterocycles. The van der Waals surface area contributed by atoms with Crippen molar-refractivity contribution in [3.8, 4) is 0 Å². The highest BCUT2D eigenvalue weighted by atomic mass is 16.5. The zero-order valence-corrected chi connectivity index (χ0v) is 12.4. The number of ether oxygens (including phenoxy) is 1. The fraction of sp³-hybridized carbons (Fsp3) is 1.00. The second-order valence-electron chi connectivity index (χ2n) is 7.96. The zero-order valence-electron chi connectivity index (χ0n) is 12.4. The number of rotatable bonds is 1. The molecule has 2 fully saturated rings. The molecule has 0 bridgehead atoms. The minimum Gasteiger partial charge on any atom is -0.357 e. The van der Waals surface area contributed by atoms with Crippen molar-refractivity contribution in [2.45, 2.75) is 72.6 Å². The minimum absolute atomic E-state index is 0.0338. The van der Waals surface area contributed by atoms with E-state index in [0.717, 1.165) is 13.0 Å². The molecular weight excluding hydrogens is 210 g/mol. The molecular formula is C15H29NO. The highest BCUT2D eigenvalue weighted by molar-refractivity contribution is 5.00. The molecule has 0 radical (unpaired) electrons. The van der Waals surface area contributed by atoms with E-state index in [1.54, 1.807) is 0 Å². The van der Waals surface area contributed by atoms with Crippen molar-refractivity contribution in [3.63, 3.8) is 0 Å². The minimum atomic E-state index is -0.0338. The van der Waals surface area contributed by atoms with Crippen LogP contribution in [0.3, 0.4) is 0 Å². The maximum Gasteiger partial charge on any atom is 0.120 e. The highest BCUT2D eigenvalue weighted by Gasteiger charge is 2.51. The Morgan fingerprint density at radius 1 is 1.12 bits per heavy atom. The van der Waals surface area contributed by atoms with Gasteiger partial charge in [0, 0.05) is 12.0 Å². The van der Waals surface area contributed by atoms with E-state index in [4.69, 9.17) is 4.74 Å². The molecule has 1 heterocycles. The SMILES string of the molecule is CC(C)C1OC2(CCC(C)(C)C2)NCC1(C)C. The van der Waals surface area contributed by atoms with Crippen LogP contribution in [0.5, 0.6) is 0 Å². The van der Waals surface area contributed by atoms with Gasteiger partial charge in [-0.2, -0.15) is 0 Å². The molecule has 2 heteroatoms. The van der Waals surface area contributed by atoms with Gasteiger partial charge in [-0.25, -0.2) is 0 Å². The summed E-state index contributed by atoms with van der Waals surface area (Å²) in [6.07, 6.45) is 3.96. The molecule has 2 nitrogen and oxygen atoms in total. The molecule has 1 saturated carbocycles. The first-order valence-corrected chi connectivity index (χ1v) is 7.09. The highest BCUT2D eigenvalue weighted by Crippen LogP contribution is 2.48. The van der Waals surface area contributed by atoms with Crippen molar-refractivity contribution in [1.82, 2.24) is 5.32 Å². The van der Waals surface area contributed by atoms with E-state index in [0.29, 0.717) is 17.4 Å². The predicted molar refractivity (Wildman–Crippen MR) is 71.9 cm³/mol. The largest absolute Gasteiger partial charge is 0.357 e. The van der Waals surface area contributed by atoms with Gasteiger partial charge in [-0.1, -0.05) is 41.5 Å². The summed E-state index contributed by atoms with van der Waals surface area (Å²) < 4.78 is 6.54. The summed E-state index contributed by atoms with van der Waals surface area (Å²) in [5.74, 6) is 0.590. The standard InChI is InChI=1S/C15H29NO/c1-11(2)12-14(5,6)10-16-15(17-12)8-7-13(3,4)9-15/h11-12,16H,7-10H2,1-6H3. The lowest BCUT2D eigenvalue weighted by molar-refractivity contribution is -0.202. The van der Waals surface area contributed by atoms with Gasteiger partial charge < -0.3 is 4.74 Å². The number of nitrogens with one attached hydrogen (secondary N) is 1. The van der Waals surface area contributed by atoms with Crippen LogP contribution in [0.2, 0.25) is 0 Å². The summed E-state index contributed by atoms with van der Waals surface area (Å²) in [6, 6.07) is 0. The van der Waals surface area contributed by atoms with Crippen LogP contribution in [-0.4, -0.2) is 18.4 Å². The summed E-state index contributed by atoms with van der Waals surface area (Å²) in [6.45, 7) is 15.0. The van der Waals surface area contributed by atoms with Crippen LogP contribution < -0.4 is 5.32 Å². The van der Waals surface area contributed by atoms with Gasteiger partial charge >= 0.3 is 0 Å². The van der Waals surface area contributed by atoms with Crippen molar-refractivity contribution in [2.24, 2.45) is 16.7 Å². The van der Waals surface area contributed by atoms with Crippen LogP contribution in [0.25, 0.3) is 0 Å². The second kappa shape index (κ2) is 3.96. The Labute approximate surface area is 107 Å². The molecule has 2 atom stereocenters. The Kier molecular flexibility index (Phi) is 3.11. The third-order valence-corrected chi connectivity index (χ3v) is 4.56. The van der Waals surface area contributed by atoms with E-state index < -0.39 is 0 Å². The summed E-state index contributed by atoms with van der Waals surface area (Å²) in [7, 11) is 0. The summed E-state index contributed by atoms with van der Waals surface area (Å²) in [4.78, 5) is 0. The van der Waals surface area contributed by atoms with Gasteiger partial charge in [0.25, 0.3) is 0 Å². The van der Waals surface area contributed by atoms with E-state index in [1.807, 2.05) is 0 Å². The lowest BCUT2D eigenvalue weighted by atomic mass is 9.78. The molecule has 1 aliphatic heterocycles. The van der Waals surface area contributed by atoms with Crippen LogP contribution in [0, 0.1) is 16.7 Å². The fourth-order valence-corrected chi connectivity index (χ4v) is 3.71. The van der Waals surface area contributed by atoms with Crippen LogP contribution in [-0.2, 0) is 4.74 Å². The monoisotopic (exact) mass is 239 g/mol. The first kappa shape index (κ1) is 13.4. The molecule has 1 aliphatic carbocycles. The summed E-state index contributed by atoms with van der Waals surface area (Å²) in [5.41, 5.74) is 0.635. The van der Waals surface area contributed by atoms with Crippen molar-refractivity contribution in [2.75, 3.05) is 6.54 Å². The second-order valence-corrected chi connectivity index (χ2v) is 7.96. The third-order valence-electron chi connectivity index (χ3n) is 4.56. The topological polar surface area (TPSA) is 21.3 Å². The molecule has 100 valence electrons. The molecule has 2 unspecified atom stereocenters. The molecule has 1 spiro atoms. The van der Waals surface area contributed by atoms with Crippen LogP contribution in [0.15, 0.2) is 0 Å². The van der Waals surface area contributed by atoms with Crippen molar-refractivity contribution in [1.29, 1.82) is 0 Å². The number of hydrogen-bond donors (Lipinski definition) is 1. The van der Waals surface area contributed by atoms with E-state index >= 15 is 0 Å². The van der Waals surface area contributed by atoms with Crippen molar-refractivity contribution < 1.29 is 4.74 Å². The smallest absolute Gasteiger partial charge is 0.120 e. The first-order chi connectivity index (χ1) is 7.66. The molecule has 0 aromatic heterocycles. The van der Waals surface area contributed by atoms with Gasteiger partial charge in [0.05, 0.1) is 6.10 Å². The molecule has 2 aliphatic rings. The van der Waals surface area contributed by atoms with E-state index in [9.17, 15) is 0 Å².